The molecule has 2 nitrogen and oxygen atoms in total. The Bertz CT molecular complexity index is 242. The highest BCUT2D eigenvalue weighted by Crippen LogP contribution is 2.33. The molecule has 1 saturated heterocycles. The summed E-state index contributed by atoms with van der Waals surface area (Å²) in [6.45, 7) is 10.7. The normalized spacial score (nSPS) is 34.8. The van der Waals surface area contributed by atoms with Gasteiger partial charge in [-0.15, -0.1) is 0 Å². The zero-order valence-electron chi connectivity index (χ0n) is 11.7. The van der Waals surface area contributed by atoms with Crippen LogP contribution in [0.2, 0.25) is 0 Å². The van der Waals surface area contributed by atoms with E-state index in [1.54, 1.807) is 0 Å². The molecule has 2 aliphatic rings. The van der Waals surface area contributed by atoms with Crippen molar-refractivity contribution >= 4 is 11.8 Å². The summed E-state index contributed by atoms with van der Waals surface area (Å²) in [5.41, 5.74) is 0.298. The summed E-state index contributed by atoms with van der Waals surface area (Å²) in [6.07, 6.45) is 5.60. The first-order chi connectivity index (χ1) is 8.11. The molecule has 0 bridgehead atoms. The lowest BCUT2D eigenvalue weighted by Gasteiger charge is -2.34. The van der Waals surface area contributed by atoms with Crippen LogP contribution in [0, 0.1) is 0 Å². The minimum absolute atomic E-state index is 0.298. The van der Waals surface area contributed by atoms with Gasteiger partial charge in [-0.25, -0.2) is 0 Å². The van der Waals surface area contributed by atoms with Crippen LogP contribution in [-0.4, -0.2) is 47.1 Å². The monoisotopic (exact) mass is 256 g/mol. The summed E-state index contributed by atoms with van der Waals surface area (Å²) in [4.78, 5) is 2.76. The smallest absolute Gasteiger partial charge is 0.0252 e. The van der Waals surface area contributed by atoms with Crippen molar-refractivity contribution in [2.75, 3.05) is 25.4 Å². The fourth-order valence-electron chi connectivity index (χ4n) is 3.30. The first-order valence-corrected chi connectivity index (χ1v) is 8.26. The number of rotatable bonds is 3. The molecule has 1 saturated carbocycles. The van der Waals surface area contributed by atoms with Gasteiger partial charge in [0.15, 0.2) is 0 Å². The van der Waals surface area contributed by atoms with Gasteiger partial charge in [-0.3, -0.25) is 4.90 Å². The average molecular weight is 256 g/mol. The SMILES string of the molecule is CCSC1CCC(N2CCCNC(C)(C)C2)C1. The molecule has 0 amide bonds. The maximum Gasteiger partial charge on any atom is 0.0252 e. The summed E-state index contributed by atoms with van der Waals surface area (Å²) in [6, 6.07) is 0.859. The number of hydrogen-bond donors (Lipinski definition) is 1. The van der Waals surface area contributed by atoms with E-state index in [0.717, 1.165) is 11.3 Å². The Morgan fingerprint density at radius 2 is 2.18 bits per heavy atom. The van der Waals surface area contributed by atoms with E-state index in [1.807, 2.05) is 0 Å². The van der Waals surface area contributed by atoms with E-state index in [4.69, 9.17) is 0 Å². The van der Waals surface area contributed by atoms with Crippen LogP contribution in [0.4, 0.5) is 0 Å². The maximum absolute atomic E-state index is 3.66. The molecule has 17 heavy (non-hydrogen) atoms. The Labute approximate surface area is 111 Å². The molecule has 0 spiro atoms. The molecule has 2 unspecified atom stereocenters. The third kappa shape index (κ3) is 3.87. The predicted octanol–water partition coefficient (Wildman–Crippen LogP) is 2.73. The minimum atomic E-state index is 0.298. The summed E-state index contributed by atoms with van der Waals surface area (Å²) >= 11 is 2.17. The fourth-order valence-corrected chi connectivity index (χ4v) is 4.43. The van der Waals surface area contributed by atoms with Crippen LogP contribution in [0.1, 0.15) is 46.5 Å². The molecular weight excluding hydrogens is 228 g/mol. The molecule has 100 valence electrons. The van der Waals surface area contributed by atoms with E-state index in [9.17, 15) is 0 Å². The summed E-state index contributed by atoms with van der Waals surface area (Å²) in [5, 5.41) is 4.60. The van der Waals surface area contributed by atoms with Gasteiger partial charge in [-0.1, -0.05) is 6.92 Å². The molecule has 0 aromatic rings. The minimum Gasteiger partial charge on any atom is -0.310 e. The molecule has 1 N–H and O–H groups in total. The number of hydrogen-bond acceptors (Lipinski definition) is 3. The van der Waals surface area contributed by atoms with Crippen LogP contribution >= 0.6 is 11.8 Å². The van der Waals surface area contributed by atoms with Gasteiger partial charge < -0.3 is 5.32 Å². The maximum atomic E-state index is 3.66. The Hall–Kier alpha value is 0.270. The number of nitrogens with one attached hydrogen (secondary N) is 1. The molecule has 0 radical (unpaired) electrons. The van der Waals surface area contributed by atoms with Gasteiger partial charge >= 0.3 is 0 Å². The van der Waals surface area contributed by atoms with Crippen molar-refractivity contribution in [3.8, 4) is 0 Å². The third-order valence-electron chi connectivity index (χ3n) is 4.10. The van der Waals surface area contributed by atoms with Crippen molar-refractivity contribution in [2.45, 2.75) is 63.3 Å². The molecule has 1 aliphatic carbocycles. The highest BCUT2D eigenvalue weighted by molar-refractivity contribution is 7.99. The third-order valence-corrected chi connectivity index (χ3v) is 5.33. The second-order valence-corrected chi connectivity index (χ2v) is 7.76. The largest absolute Gasteiger partial charge is 0.310 e. The Balaban J connectivity index is 1.89. The van der Waals surface area contributed by atoms with Gasteiger partial charge in [-0.05, 0) is 58.4 Å². The molecular formula is C14H28N2S. The molecule has 2 atom stereocenters. The quantitative estimate of drug-likeness (QED) is 0.836. The lowest BCUT2D eigenvalue weighted by atomic mass is 10.0. The van der Waals surface area contributed by atoms with Gasteiger partial charge in [0.25, 0.3) is 0 Å². The van der Waals surface area contributed by atoms with Gasteiger partial charge in [0.05, 0.1) is 0 Å². The fraction of sp³-hybridized carbons (Fsp3) is 1.00. The molecule has 1 heterocycles. The van der Waals surface area contributed by atoms with Gasteiger partial charge in [0.1, 0.15) is 0 Å². The zero-order chi connectivity index (χ0) is 12.3. The van der Waals surface area contributed by atoms with Gasteiger partial charge in [0, 0.05) is 23.4 Å². The number of nitrogens with zero attached hydrogens (tertiary/aromatic N) is 1. The van der Waals surface area contributed by atoms with Crippen molar-refractivity contribution in [1.29, 1.82) is 0 Å². The molecule has 0 aromatic heterocycles. The molecule has 0 aromatic carbocycles. The summed E-state index contributed by atoms with van der Waals surface area (Å²) < 4.78 is 0. The molecule has 2 rings (SSSR count). The lowest BCUT2D eigenvalue weighted by molar-refractivity contribution is 0.171. The predicted molar refractivity (Wildman–Crippen MR) is 77.8 cm³/mol. The van der Waals surface area contributed by atoms with E-state index in [0.29, 0.717) is 5.54 Å². The molecule has 1 aliphatic heterocycles. The van der Waals surface area contributed by atoms with Crippen LogP contribution < -0.4 is 5.32 Å². The van der Waals surface area contributed by atoms with E-state index in [1.165, 1.54) is 51.1 Å². The van der Waals surface area contributed by atoms with Crippen LogP contribution in [-0.2, 0) is 0 Å². The first kappa shape index (κ1) is 13.7. The van der Waals surface area contributed by atoms with Crippen LogP contribution in [0.5, 0.6) is 0 Å². The van der Waals surface area contributed by atoms with E-state index in [2.05, 4.69) is 42.7 Å². The van der Waals surface area contributed by atoms with Crippen LogP contribution in [0.25, 0.3) is 0 Å². The van der Waals surface area contributed by atoms with Gasteiger partial charge in [-0.2, -0.15) is 11.8 Å². The van der Waals surface area contributed by atoms with E-state index in [-0.39, 0.29) is 0 Å². The average Bonchev–Trinajstić information content (AvgIpc) is 2.64. The van der Waals surface area contributed by atoms with Crippen molar-refractivity contribution in [3.05, 3.63) is 0 Å². The topological polar surface area (TPSA) is 15.3 Å². The van der Waals surface area contributed by atoms with E-state index >= 15 is 0 Å². The van der Waals surface area contributed by atoms with E-state index < -0.39 is 0 Å². The Kier molecular flexibility index (Phi) is 4.79. The lowest BCUT2D eigenvalue weighted by Crippen LogP contribution is -2.48. The Morgan fingerprint density at radius 1 is 1.35 bits per heavy atom. The second kappa shape index (κ2) is 5.94. The van der Waals surface area contributed by atoms with Crippen LogP contribution in [0.3, 0.4) is 0 Å². The summed E-state index contributed by atoms with van der Waals surface area (Å²) in [7, 11) is 0. The Morgan fingerprint density at radius 3 is 2.94 bits per heavy atom. The van der Waals surface area contributed by atoms with Crippen molar-refractivity contribution in [1.82, 2.24) is 10.2 Å². The number of thioether (sulfide) groups is 1. The van der Waals surface area contributed by atoms with Crippen LogP contribution in [0.15, 0.2) is 0 Å². The van der Waals surface area contributed by atoms with Crippen molar-refractivity contribution in [3.63, 3.8) is 0 Å². The summed E-state index contributed by atoms with van der Waals surface area (Å²) in [5.74, 6) is 1.28. The zero-order valence-corrected chi connectivity index (χ0v) is 12.5. The van der Waals surface area contributed by atoms with Gasteiger partial charge in [0.2, 0.25) is 0 Å². The highest BCUT2D eigenvalue weighted by atomic mass is 32.2. The van der Waals surface area contributed by atoms with Crippen molar-refractivity contribution < 1.29 is 0 Å². The molecule has 3 heteroatoms. The second-order valence-electron chi connectivity index (χ2n) is 6.18. The first-order valence-electron chi connectivity index (χ1n) is 7.21. The molecule has 2 fully saturated rings. The highest BCUT2D eigenvalue weighted by Gasteiger charge is 2.33. The standard InChI is InChI=1S/C14H28N2S/c1-4-17-13-7-6-12(10-13)16-9-5-8-15-14(2,3)11-16/h12-13,15H,4-11H2,1-3H3. The van der Waals surface area contributed by atoms with Crippen molar-refractivity contribution in [2.24, 2.45) is 0 Å².